The van der Waals surface area contributed by atoms with Gasteiger partial charge in [0.1, 0.15) is 12.0 Å². The largest absolute Gasteiger partial charge is 0.481 e. The molecule has 0 bridgehead atoms. The number of methoxy groups -OCH3 is 1. The first-order valence-electron chi connectivity index (χ1n) is 6.51. The van der Waals surface area contributed by atoms with Gasteiger partial charge in [-0.15, -0.1) is 5.10 Å². The molecule has 1 N–H and O–H groups in total. The number of rotatable bonds is 4. The molecule has 3 aromatic rings. The molecule has 1 aromatic carbocycles. The van der Waals surface area contributed by atoms with Crippen molar-refractivity contribution in [3.8, 4) is 22.8 Å². The van der Waals surface area contributed by atoms with Crippen LogP contribution in [0.25, 0.3) is 16.9 Å². The Morgan fingerprint density at radius 1 is 1.35 bits per heavy atom. The Bertz CT molecular complexity index is 855. The summed E-state index contributed by atoms with van der Waals surface area (Å²) in [5.74, 6) is -0.360. The van der Waals surface area contributed by atoms with E-state index < -0.39 is 5.82 Å². The van der Waals surface area contributed by atoms with E-state index >= 15 is 0 Å². The third kappa shape index (κ3) is 2.86. The van der Waals surface area contributed by atoms with Crippen LogP contribution in [-0.4, -0.2) is 37.2 Å². The molecule has 23 heavy (non-hydrogen) atoms. The highest BCUT2D eigenvalue weighted by atomic mass is 35.5. The Morgan fingerprint density at radius 2 is 2.17 bits per heavy atom. The second kappa shape index (κ2) is 6.27. The highest BCUT2D eigenvalue weighted by molar-refractivity contribution is 6.31. The van der Waals surface area contributed by atoms with Crippen LogP contribution in [0.5, 0.6) is 5.88 Å². The fourth-order valence-corrected chi connectivity index (χ4v) is 2.21. The van der Waals surface area contributed by atoms with E-state index in [1.54, 1.807) is 6.07 Å². The van der Waals surface area contributed by atoms with Crippen LogP contribution in [0.1, 0.15) is 5.69 Å². The van der Waals surface area contributed by atoms with Crippen molar-refractivity contribution in [2.75, 3.05) is 7.11 Å². The van der Waals surface area contributed by atoms with Crippen LogP contribution in [0.3, 0.4) is 0 Å². The lowest BCUT2D eigenvalue weighted by atomic mass is 10.1. The van der Waals surface area contributed by atoms with Gasteiger partial charge in [-0.05, 0) is 12.1 Å². The smallest absolute Gasteiger partial charge is 0.216 e. The van der Waals surface area contributed by atoms with Gasteiger partial charge >= 0.3 is 0 Å². The van der Waals surface area contributed by atoms with E-state index in [2.05, 4.69) is 20.3 Å². The number of hydrogen-bond donors (Lipinski definition) is 1. The van der Waals surface area contributed by atoms with E-state index in [9.17, 15) is 4.39 Å². The first-order valence-corrected chi connectivity index (χ1v) is 6.88. The molecule has 0 radical (unpaired) electrons. The van der Waals surface area contributed by atoms with E-state index in [4.69, 9.17) is 21.4 Å². The number of aromatic nitrogens is 5. The maximum Gasteiger partial charge on any atom is 0.216 e. The van der Waals surface area contributed by atoms with E-state index in [0.717, 1.165) is 0 Å². The summed E-state index contributed by atoms with van der Waals surface area (Å²) in [6, 6.07) is 4.49. The number of nitrogens with zero attached hydrogens (tertiary/aromatic N) is 5. The third-order valence-electron chi connectivity index (χ3n) is 3.13. The lowest BCUT2D eigenvalue weighted by molar-refractivity contribution is 0.276. The number of benzene rings is 1. The molecular formula is C14H11ClFN5O2. The van der Waals surface area contributed by atoms with Crippen molar-refractivity contribution in [3.05, 3.63) is 47.3 Å². The molecule has 0 unspecified atom stereocenters. The van der Waals surface area contributed by atoms with Gasteiger partial charge in [0.05, 0.1) is 41.9 Å². The molecule has 7 nitrogen and oxygen atoms in total. The van der Waals surface area contributed by atoms with Crippen molar-refractivity contribution in [1.29, 1.82) is 0 Å². The molecule has 0 atom stereocenters. The zero-order valence-electron chi connectivity index (χ0n) is 11.9. The van der Waals surface area contributed by atoms with E-state index in [1.165, 1.54) is 36.4 Å². The van der Waals surface area contributed by atoms with Crippen molar-refractivity contribution < 1.29 is 14.2 Å². The molecule has 0 aliphatic rings. The van der Waals surface area contributed by atoms with Gasteiger partial charge in [0.15, 0.2) is 5.82 Å². The van der Waals surface area contributed by atoms with Crippen LogP contribution in [0.4, 0.5) is 4.39 Å². The quantitative estimate of drug-likeness (QED) is 0.785. The molecule has 3 rings (SSSR count). The van der Waals surface area contributed by atoms with Gasteiger partial charge in [0, 0.05) is 6.07 Å². The zero-order valence-corrected chi connectivity index (χ0v) is 12.7. The van der Waals surface area contributed by atoms with Gasteiger partial charge in [-0.2, -0.15) is 0 Å². The highest BCUT2D eigenvalue weighted by Crippen LogP contribution is 2.33. The minimum Gasteiger partial charge on any atom is -0.481 e. The lowest BCUT2D eigenvalue weighted by Gasteiger charge is -2.11. The summed E-state index contributed by atoms with van der Waals surface area (Å²) in [6.07, 6.45) is 2.75. The molecule has 118 valence electrons. The van der Waals surface area contributed by atoms with E-state index in [0.29, 0.717) is 11.4 Å². The second-order valence-electron chi connectivity index (χ2n) is 4.51. The molecule has 0 saturated heterocycles. The summed E-state index contributed by atoms with van der Waals surface area (Å²) < 4.78 is 21.0. The molecule has 0 fully saturated rings. The normalized spacial score (nSPS) is 10.8. The number of hydrogen-bond acceptors (Lipinski definition) is 6. The molecule has 0 amide bonds. The summed E-state index contributed by atoms with van der Waals surface area (Å²) in [5, 5.41) is 16.7. The molecule has 0 spiro atoms. The van der Waals surface area contributed by atoms with E-state index in [-0.39, 0.29) is 28.8 Å². The second-order valence-corrected chi connectivity index (χ2v) is 4.92. The predicted octanol–water partition coefficient (Wildman–Crippen LogP) is 2.02. The van der Waals surface area contributed by atoms with Crippen molar-refractivity contribution in [1.82, 2.24) is 25.0 Å². The maximum absolute atomic E-state index is 14.6. The minimum absolute atomic E-state index is 0.0520. The summed E-state index contributed by atoms with van der Waals surface area (Å²) in [5.41, 5.74) is 1.15. The average Bonchev–Trinajstić information content (AvgIpc) is 3.06. The van der Waals surface area contributed by atoms with Crippen LogP contribution in [-0.2, 0) is 6.61 Å². The van der Waals surface area contributed by atoms with Gasteiger partial charge in [-0.25, -0.2) is 19.0 Å². The minimum atomic E-state index is -0.647. The molecule has 0 aliphatic heterocycles. The maximum atomic E-state index is 14.6. The molecule has 0 saturated carbocycles. The monoisotopic (exact) mass is 335 g/mol. The van der Waals surface area contributed by atoms with Crippen LogP contribution >= 0.6 is 11.6 Å². The van der Waals surface area contributed by atoms with Crippen molar-refractivity contribution in [2.45, 2.75) is 6.61 Å². The lowest BCUT2D eigenvalue weighted by Crippen LogP contribution is -2.02. The Labute approximate surface area is 135 Å². The van der Waals surface area contributed by atoms with Crippen LogP contribution in [0.15, 0.2) is 30.7 Å². The molecule has 2 aromatic heterocycles. The molecule has 9 heteroatoms. The Kier molecular flexibility index (Phi) is 4.18. The van der Waals surface area contributed by atoms with Gasteiger partial charge in [-0.1, -0.05) is 16.8 Å². The number of halogens is 2. The standard InChI is InChI=1S/C14H11ClFN5O2/c1-23-12-4-10(17-7-18-12)13-11(3-2-9(15)14(13)16)21-5-8(6-22)19-20-21/h2-5,7,22H,6H2,1H3. The van der Waals surface area contributed by atoms with Crippen LogP contribution in [0, 0.1) is 5.82 Å². The van der Waals surface area contributed by atoms with Gasteiger partial charge < -0.3 is 9.84 Å². The zero-order chi connectivity index (χ0) is 16.4. The SMILES string of the molecule is COc1cc(-c2c(-n3cc(CO)nn3)ccc(Cl)c2F)ncn1. The first-order chi connectivity index (χ1) is 11.1. The van der Waals surface area contributed by atoms with Gasteiger partial charge in [-0.3, -0.25) is 0 Å². The molecule has 2 heterocycles. The van der Waals surface area contributed by atoms with Crippen molar-refractivity contribution in [2.24, 2.45) is 0 Å². The van der Waals surface area contributed by atoms with Gasteiger partial charge in [0.2, 0.25) is 5.88 Å². The fourth-order valence-electron chi connectivity index (χ4n) is 2.05. The van der Waals surface area contributed by atoms with Crippen LogP contribution in [0.2, 0.25) is 5.02 Å². The summed E-state index contributed by atoms with van der Waals surface area (Å²) in [4.78, 5) is 7.97. The highest BCUT2D eigenvalue weighted by Gasteiger charge is 2.19. The Morgan fingerprint density at radius 3 is 2.87 bits per heavy atom. The molecular weight excluding hydrogens is 325 g/mol. The van der Waals surface area contributed by atoms with Crippen molar-refractivity contribution in [3.63, 3.8) is 0 Å². The fraction of sp³-hybridized carbons (Fsp3) is 0.143. The Hall–Kier alpha value is -2.58. The van der Waals surface area contributed by atoms with Crippen molar-refractivity contribution >= 4 is 11.6 Å². The van der Waals surface area contributed by atoms with E-state index in [1.807, 2.05) is 0 Å². The number of ether oxygens (including phenoxy) is 1. The van der Waals surface area contributed by atoms with Crippen LogP contribution < -0.4 is 4.74 Å². The number of aliphatic hydroxyl groups excluding tert-OH is 1. The third-order valence-corrected chi connectivity index (χ3v) is 3.42. The summed E-state index contributed by atoms with van der Waals surface area (Å²) in [7, 11) is 1.45. The molecule has 0 aliphatic carbocycles. The topological polar surface area (TPSA) is 86.0 Å². The predicted molar refractivity (Wildman–Crippen MR) is 79.8 cm³/mol. The number of aliphatic hydroxyl groups is 1. The summed E-state index contributed by atoms with van der Waals surface area (Å²) >= 11 is 5.89. The average molecular weight is 336 g/mol. The first kappa shape index (κ1) is 15.3. The summed E-state index contributed by atoms with van der Waals surface area (Å²) in [6.45, 7) is -0.271. The Balaban J connectivity index is 2.23. The van der Waals surface area contributed by atoms with Gasteiger partial charge in [0.25, 0.3) is 0 Å².